The highest BCUT2D eigenvalue weighted by molar-refractivity contribution is 5.87. The zero-order valence-electron chi connectivity index (χ0n) is 10.0. The SMILES string of the molecule is CCCCOCCOc1ccc(C(=O)O)cc1. The van der Waals surface area contributed by atoms with Crippen LogP contribution in [-0.2, 0) is 4.74 Å². The second kappa shape index (κ2) is 7.68. The first-order valence-corrected chi connectivity index (χ1v) is 5.78. The summed E-state index contributed by atoms with van der Waals surface area (Å²) in [6.07, 6.45) is 2.19. The van der Waals surface area contributed by atoms with Crippen LogP contribution in [0.3, 0.4) is 0 Å². The molecular weight excluding hydrogens is 220 g/mol. The van der Waals surface area contributed by atoms with Crippen molar-refractivity contribution >= 4 is 5.97 Å². The van der Waals surface area contributed by atoms with Crippen molar-refractivity contribution in [1.82, 2.24) is 0 Å². The summed E-state index contributed by atoms with van der Waals surface area (Å²) in [5.74, 6) is -0.270. The third-order valence-corrected chi connectivity index (χ3v) is 2.24. The molecule has 4 nitrogen and oxygen atoms in total. The molecular formula is C13H18O4. The Labute approximate surface area is 101 Å². The summed E-state index contributed by atoms with van der Waals surface area (Å²) in [6.45, 7) is 3.92. The minimum absolute atomic E-state index is 0.261. The summed E-state index contributed by atoms with van der Waals surface area (Å²) in [5, 5.41) is 8.71. The van der Waals surface area contributed by atoms with Gasteiger partial charge in [0.1, 0.15) is 12.4 Å². The minimum Gasteiger partial charge on any atom is -0.491 e. The number of rotatable bonds is 8. The van der Waals surface area contributed by atoms with Gasteiger partial charge >= 0.3 is 5.97 Å². The van der Waals surface area contributed by atoms with E-state index in [0.717, 1.165) is 19.4 Å². The van der Waals surface area contributed by atoms with E-state index in [1.807, 2.05) is 0 Å². The van der Waals surface area contributed by atoms with E-state index in [4.69, 9.17) is 14.6 Å². The van der Waals surface area contributed by atoms with Crippen molar-refractivity contribution in [2.75, 3.05) is 19.8 Å². The van der Waals surface area contributed by atoms with Crippen LogP contribution in [0.1, 0.15) is 30.1 Å². The Balaban J connectivity index is 2.21. The number of carbonyl (C=O) groups is 1. The standard InChI is InChI=1S/C13H18O4/c1-2-3-8-16-9-10-17-12-6-4-11(5-7-12)13(14)15/h4-7H,2-3,8-10H2,1H3,(H,14,15). The quantitative estimate of drug-likeness (QED) is 0.707. The molecule has 0 bridgehead atoms. The molecule has 0 atom stereocenters. The van der Waals surface area contributed by atoms with Gasteiger partial charge in [0.2, 0.25) is 0 Å². The predicted octanol–water partition coefficient (Wildman–Crippen LogP) is 2.58. The van der Waals surface area contributed by atoms with Crippen LogP contribution in [0.25, 0.3) is 0 Å². The molecule has 0 spiro atoms. The van der Waals surface area contributed by atoms with Gasteiger partial charge < -0.3 is 14.6 Å². The number of hydrogen-bond donors (Lipinski definition) is 1. The number of carboxylic acids is 1. The van der Waals surface area contributed by atoms with Crippen LogP contribution in [0, 0.1) is 0 Å². The van der Waals surface area contributed by atoms with E-state index in [9.17, 15) is 4.79 Å². The Morgan fingerprint density at radius 3 is 2.47 bits per heavy atom. The van der Waals surface area contributed by atoms with Gasteiger partial charge in [-0.25, -0.2) is 4.79 Å². The molecule has 94 valence electrons. The summed E-state index contributed by atoms with van der Waals surface area (Å²) in [5.41, 5.74) is 0.261. The molecule has 0 fully saturated rings. The molecule has 1 N–H and O–H groups in total. The van der Waals surface area contributed by atoms with Gasteiger partial charge in [-0.3, -0.25) is 0 Å². The van der Waals surface area contributed by atoms with Gasteiger partial charge in [0, 0.05) is 6.61 Å². The van der Waals surface area contributed by atoms with E-state index in [1.54, 1.807) is 12.1 Å². The number of aromatic carboxylic acids is 1. The summed E-state index contributed by atoms with van der Waals surface area (Å²) in [7, 11) is 0. The lowest BCUT2D eigenvalue weighted by Crippen LogP contribution is -2.07. The molecule has 17 heavy (non-hydrogen) atoms. The minimum atomic E-state index is -0.931. The summed E-state index contributed by atoms with van der Waals surface area (Å²) < 4.78 is 10.7. The molecule has 1 aromatic rings. The molecule has 0 aliphatic carbocycles. The van der Waals surface area contributed by atoms with Crippen LogP contribution < -0.4 is 4.74 Å². The molecule has 0 heterocycles. The smallest absolute Gasteiger partial charge is 0.335 e. The molecule has 0 saturated heterocycles. The van der Waals surface area contributed by atoms with Gasteiger partial charge in [0.15, 0.2) is 0 Å². The molecule has 4 heteroatoms. The number of ether oxygens (including phenoxy) is 2. The lowest BCUT2D eigenvalue weighted by atomic mass is 10.2. The fraction of sp³-hybridized carbons (Fsp3) is 0.462. The van der Waals surface area contributed by atoms with Crippen molar-refractivity contribution < 1.29 is 19.4 Å². The maximum absolute atomic E-state index is 10.6. The second-order valence-corrected chi connectivity index (χ2v) is 3.64. The van der Waals surface area contributed by atoms with Crippen LogP contribution in [0.2, 0.25) is 0 Å². The Morgan fingerprint density at radius 2 is 1.88 bits per heavy atom. The number of hydrogen-bond acceptors (Lipinski definition) is 3. The van der Waals surface area contributed by atoms with Crippen LogP contribution in [0.4, 0.5) is 0 Å². The molecule has 0 saturated carbocycles. The monoisotopic (exact) mass is 238 g/mol. The lowest BCUT2D eigenvalue weighted by molar-refractivity contribution is 0.0696. The topological polar surface area (TPSA) is 55.8 Å². The molecule has 0 radical (unpaired) electrons. The number of benzene rings is 1. The van der Waals surface area contributed by atoms with Crippen molar-refractivity contribution in [1.29, 1.82) is 0 Å². The van der Waals surface area contributed by atoms with Crippen LogP contribution >= 0.6 is 0 Å². The van der Waals surface area contributed by atoms with E-state index < -0.39 is 5.97 Å². The molecule has 0 aliphatic rings. The Bertz CT molecular complexity index is 332. The average Bonchev–Trinajstić information content (AvgIpc) is 2.34. The van der Waals surface area contributed by atoms with Gasteiger partial charge in [-0.2, -0.15) is 0 Å². The first-order chi connectivity index (χ1) is 8.24. The summed E-state index contributed by atoms with van der Waals surface area (Å²) in [4.78, 5) is 10.6. The first kappa shape index (κ1) is 13.5. The van der Waals surface area contributed by atoms with Gasteiger partial charge in [-0.05, 0) is 30.7 Å². The molecule has 0 aliphatic heterocycles. The highest BCUT2D eigenvalue weighted by atomic mass is 16.5. The maximum atomic E-state index is 10.6. The number of carboxylic acid groups (broad SMARTS) is 1. The Hall–Kier alpha value is -1.55. The van der Waals surface area contributed by atoms with Crippen molar-refractivity contribution in [2.45, 2.75) is 19.8 Å². The van der Waals surface area contributed by atoms with Crippen LogP contribution in [0.5, 0.6) is 5.75 Å². The normalized spacial score (nSPS) is 10.2. The average molecular weight is 238 g/mol. The van der Waals surface area contributed by atoms with E-state index in [-0.39, 0.29) is 5.56 Å². The third-order valence-electron chi connectivity index (χ3n) is 2.24. The van der Waals surface area contributed by atoms with E-state index in [0.29, 0.717) is 19.0 Å². The van der Waals surface area contributed by atoms with Crippen molar-refractivity contribution in [3.05, 3.63) is 29.8 Å². The molecule has 0 unspecified atom stereocenters. The van der Waals surface area contributed by atoms with Gasteiger partial charge in [-0.1, -0.05) is 13.3 Å². The second-order valence-electron chi connectivity index (χ2n) is 3.64. The predicted molar refractivity (Wildman–Crippen MR) is 64.6 cm³/mol. The Kier molecular flexibility index (Phi) is 6.10. The van der Waals surface area contributed by atoms with Crippen molar-refractivity contribution in [3.63, 3.8) is 0 Å². The molecule has 0 amide bonds. The van der Waals surface area contributed by atoms with E-state index in [2.05, 4.69) is 6.92 Å². The van der Waals surface area contributed by atoms with Crippen molar-refractivity contribution in [2.24, 2.45) is 0 Å². The third kappa shape index (κ3) is 5.36. The Morgan fingerprint density at radius 1 is 1.18 bits per heavy atom. The molecule has 1 aromatic carbocycles. The first-order valence-electron chi connectivity index (χ1n) is 5.78. The molecule has 1 rings (SSSR count). The van der Waals surface area contributed by atoms with Crippen molar-refractivity contribution in [3.8, 4) is 5.75 Å². The van der Waals surface area contributed by atoms with Gasteiger partial charge in [0.25, 0.3) is 0 Å². The zero-order chi connectivity index (χ0) is 12.5. The van der Waals surface area contributed by atoms with Crippen LogP contribution in [-0.4, -0.2) is 30.9 Å². The van der Waals surface area contributed by atoms with E-state index >= 15 is 0 Å². The summed E-state index contributed by atoms with van der Waals surface area (Å²) in [6, 6.07) is 6.34. The fourth-order valence-corrected chi connectivity index (χ4v) is 1.26. The zero-order valence-corrected chi connectivity index (χ0v) is 10.0. The van der Waals surface area contributed by atoms with E-state index in [1.165, 1.54) is 12.1 Å². The summed E-state index contributed by atoms with van der Waals surface area (Å²) >= 11 is 0. The van der Waals surface area contributed by atoms with Crippen LogP contribution in [0.15, 0.2) is 24.3 Å². The highest BCUT2D eigenvalue weighted by Gasteiger charge is 2.01. The maximum Gasteiger partial charge on any atom is 0.335 e. The largest absolute Gasteiger partial charge is 0.491 e. The molecule has 0 aromatic heterocycles. The number of unbranched alkanes of at least 4 members (excludes halogenated alkanes) is 1. The highest BCUT2D eigenvalue weighted by Crippen LogP contribution is 2.11. The van der Waals surface area contributed by atoms with Gasteiger partial charge in [0.05, 0.1) is 12.2 Å². The fourth-order valence-electron chi connectivity index (χ4n) is 1.26. The van der Waals surface area contributed by atoms with Gasteiger partial charge in [-0.15, -0.1) is 0 Å². The lowest BCUT2D eigenvalue weighted by Gasteiger charge is -2.06.